The summed E-state index contributed by atoms with van der Waals surface area (Å²) in [4.78, 5) is 49.0. The van der Waals surface area contributed by atoms with Crippen molar-refractivity contribution in [3.05, 3.63) is 71.8 Å². The second kappa shape index (κ2) is 13.6. The molecule has 0 bridgehead atoms. The van der Waals surface area contributed by atoms with Crippen molar-refractivity contribution in [2.24, 2.45) is 5.92 Å². The van der Waals surface area contributed by atoms with E-state index in [2.05, 4.69) is 10.6 Å². The lowest BCUT2D eigenvalue weighted by Gasteiger charge is -2.23. The van der Waals surface area contributed by atoms with E-state index in [9.17, 15) is 24.3 Å². The number of carbonyl (C=O) groups excluding carboxylic acids is 3. The maximum absolute atomic E-state index is 13.0. The molecule has 0 unspecified atom stereocenters. The van der Waals surface area contributed by atoms with Crippen LogP contribution in [0.5, 0.6) is 0 Å². The number of carbonyl (C=O) groups is 4. The molecule has 0 spiro atoms. The lowest BCUT2D eigenvalue weighted by Crippen LogP contribution is -2.53. The molecule has 2 aromatic carbocycles. The predicted molar refractivity (Wildman–Crippen MR) is 124 cm³/mol. The molecule has 3 N–H and O–H groups in total. The molecule has 182 valence electrons. The molecule has 0 fully saturated rings. The molecule has 0 saturated heterocycles. The number of benzene rings is 2. The fourth-order valence-corrected chi connectivity index (χ4v) is 3.19. The summed E-state index contributed by atoms with van der Waals surface area (Å²) in [6.07, 6.45) is -0.852. The molecule has 0 saturated carbocycles. The van der Waals surface area contributed by atoms with Gasteiger partial charge in [-0.3, -0.25) is 9.59 Å². The first-order valence-corrected chi connectivity index (χ1v) is 11.0. The van der Waals surface area contributed by atoms with Gasteiger partial charge in [0.15, 0.2) is 0 Å². The number of hydrogen-bond donors (Lipinski definition) is 3. The molecule has 0 heterocycles. The van der Waals surface area contributed by atoms with E-state index in [-0.39, 0.29) is 26.1 Å². The highest BCUT2D eigenvalue weighted by atomic mass is 16.5. The zero-order chi connectivity index (χ0) is 24.9. The zero-order valence-electron chi connectivity index (χ0n) is 19.2. The first-order valence-electron chi connectivity index (χ1n) is 11.0. The van der Waals surface area contributed by atoms with Gasteiger partial charge < -0.3 is 25.2 Å². The van der Waals surface area contributed by atoms with Gasteiger partial charge in [0.2, 0.25) is 5.91 Å². The standard InChI is InChI=1S/C25H30N2O7/c1-3-33-24(31)17(2)14-21(23(29)30)26-22(28)20(15-18-10-6-4-7-11-18)27-25(32)34-16-19-12-8-5-9-13-19/h4-13,17,20-21H,3,14-16H2,1-2H3,(H,26,28)(H,27,32)(H,29,30)/t17-,20-,21-/m0/s1. The van der Waals surface area contributed by atoms with Crippen molar-refractivity contribution in [3.8, 4) is 0 Å². The molecule has 34 heavy (non-hydrogen) atoms. The minimum atomic E-state index is -1.34. The minimum absolute atomic E-state index is 0.0150. The van der Waals surface area contributed by atoms with Gasteiger partial charge in [-0.2, -0.15) is 0 Å². The number of ether oxygens (including phenoxy) is 2. The maximum atomic E-state index is 13.0. The Balaban J connectivity index is 2.08. The number of nitrogens with one attached hydrogen (secondary N) is 2. The van der Waals surface area contributed by atoms with Gasteiger partial charge >= 0.3 is 18.0 Å². The molecule has 2 amide bonds. The Hall–Kier alpha value is -3.88. The summed E-state index contributed by atoms with van der Waals surface area (Å²) in [6.45, 7) is 3.36. The highest BCUT2D eigenvalue weighted by molar-refractivity contribution is 5.89. The molecule has 2 rings (SSSR count). The van der Waals surface area contributed by atoms with E-state index >= 15 is 0 Å². The zero-order valence-corrected chi connectivity index (χ0v) is 19.2. The van der Waals surface area contributed by atoms with Crippen LogP contribution in [0, 0.1) is 5.92 Å². The molecule has 0 aromatic heterocycles. The Bertz CT molecular complexity index is 950. The third kappa shape index (κ3) is 8.93. The number of amides is 2. The average molecular weight is 471 g/mol. The van der Waals surface area contributed by atoms with Crippen LogP contribution in [-0.2, 0) is 36.9 Å². The number of esters is 1. The van der Waals surface area contributed by atoms with Crippen LogP contribution in [0.25, 0.3) is 0 Å². The summed E-state index contributed by atoms with van der Waals surface area (Å²) < 4.78 is 10.1. The maximum Gasteiger partial charge on any atom is 0.408 e. The number of aliphatic carboxylic acids is 1. The molecular weight excluding hydrogens is 440 g/mol. The fourth-order valence-electron chi connectivity index (χ4n) is 3.19. The Morgan fingerprint density at radius 1 is 0.853 bits per heavy atom. The van der Waals surface area contributed by atoms with Crippen LogP contribution in [0.2, 0.25) is 0 Å². The summed E-state index contributed by atoms with van der Waals surface area (Å²) in [7, 11) is 0. The van der Waals surface area contributed by atoms with Crippen molar-refractivity contribution >= 4 is 23.9 Å². The predicted octanol–water partition coefficient (Wildman–Crippen LogP) is 2.68. The first-order chi connectivity index (χ1) is 16.3. The van der Waals surface area contributed by atoms with E-state index in [0.29, 0.717) is 0 Å². The Labute approximate surface area is 198 Å². The van der Waals surface area contributed by atoms with Crippen LogP contribution in [0.3, 0.4) is 0 Å². The van der Waals surface area contributed by atoms with Crippen molar-refractivity contribution < 1.29 is 33.8 Å². The Kier molecular flexibility index (Phi) is 10.6. The number of carboxylic acid groups (broad SMARTS) is 1. The SMILES string of the molecule is CCOC(=O)[C@@H](C)C[C@H](NC(=O)[C@H](Cc1ccccc1)NC(=O)OCc1ccccc1)C(=O)O. The minimum Gasteiger partial charge on any atom is -0.480 e. The molecule has 0 aliphatic carbocycles. The Morgan fingerprint density at radius 3 is 2.00 bits per heavy atom. The smallest absolute Gasteiger partial charge is 0.408 e. The topological polar surface area (TPSA) is 131 Å². The summed E-state index contributed by atoms with van der Waals surface area (Å²) in [5.41, 5.74) is 1.54. The molecule has 9 nitrogen and oxygen atoms in total. The monoisotopic (exact) mass is 470 g/mol. The molecule has 9 heteroatoms. The lowest BCUT2D eigenvalue weighted by atomic mass is 10.0. The summed E-state index contributed by atoms with van der Waals surface area (Å²) >= 11 is 0. The van der Waals surface area contributed by atoms with E-state index < -0.39 is 41.9 Å². The Morgan fingerprint density at radius 2 is 1.44 bits per heavy atom. The third-order valence-corrected chi connectivity index (χ3v) is 5.00. The molecule has 0 aliphatic heterocycles. The van der Waals surface area contributed by atoms with Gasteiger partial charge in [0, 0.05) is 6.42 Å². The van der Waals surface area contributed by atoms with Crippen LogP contribution in [0.1, 0.15) is 31.4 Å². The molecular formula is C25H30N2O7. The van der Waals surface area contributed by atoms with E-state index in [1.165, 1.54) is 6.92 Å². The first kappa shape index (κ1) is 26.4. The van der Waals surface area contributed by atoms with Crippen molar-refractivity contribution in [3.63, 3.8) is 0 Å². The van der Waals surface area contributed by atoms with Gasteiger partial charge in [-0.1, -0.05) is 67.6 Å². The normalized spacial score (nSPS) is 13.1. The van der Waals surface area contributed by atoms with Gasteiger partial charge in [0.05, 0.1) is 12.5 Å². The average Bonchev–Trinajstić information content (AvgIpc) is 2.83. The second-order valence-corrected chi connectivity index (χ2v) is 7.74. The summed E-state index contributed by atoms with van der Waals surface area (Å²) in [5, 5.41) is 14.5. The second-order valence-electron chi connectivity index (χ2n) is 7.74. The van der Waals surface area contributed by atoms with Crippen LogP contribution < -0.4 is 10.6 Å². The van der Waals surface area contributed by atoms with E-state index in [4.69, 9.17) is 9.47 Å². The quantitative estimate of drug-likeness (QED) is 0.407. The molecule has 3 atom stereocenters. The summed E-state index contributed by atoms with van der Waals surface area (Å²) in [5.74, 6) is -3.29. The van der Waals surface area contributed by atoms with Crippen molar-refractivity contribution in [2.75, 3.05) is 6.61 Å². The van der Waals surface area contributed by atoms with Crippen LogP contribution in [0.15, 0.2) is 60.7 Å². The third-order valence-electron chi connectivity index (χ3n) is 5.00. The largest absolute Gasteiger partial charge is 0.480 e. The molecule has 0 aliphatic rings. The van der Waals surface area contributed by atoms with Crippen LogP contribution >= 0.6 is 0 Å². The van der Waals surface area contributed by atoms with Crippen molar-refractivity contribution in [1.82, 2.24) is 10.6 Å². The summed E-state index contributed by atoms with van der Waals surface area (Å²) in [6, 6.07) is 15.6. The fraction of sp³-hybridized carbons (Fsp3) is 0.360. The highest BCUT2D eigenvalue weighted by Crippen LogP contribution is 2.11. The van der Waals surface area contributed by atoms with E-state index in [0.717, 1.165) is 11.1 Å². The molecule has 0 radical (unpaired) electrons. The lowest BCUT2D eigenvalue weighted by molar-refractivity contribution is -0.149. The molecule has 2 aromatic rings. The van der Waals surface area contributed by atoms with E-state index in [1.54, 1.807) is 43.3 Å². The van der Waals surface area contributed by atoms with Crippen molar-refractivity contribution in [2.45, 2.75) is 45.4 Å². The van der Waals surface area contributed by atoms with E-state index in [1.807, 2.05) is 24.3 Å². The number of alkyl carbamates (subject to hydrolysis) is 1. The highest BCUT2D eigenvalue weighted by Gasteiger charge is 2.30. The number of carboxylic acids is 1. The number of hydrogen-bond acceptors (Lipinski definition) is 6. The van der Waals surface area contributed by atoms with Gasteiger partial charge in [-0.25, -0.2) is 9.59 Å². The van der Waals surface area contributed by atoms with Crippen LogP contribution in [0.4, 0.5) is 4.79 Å². The van der Waals surface area contributed by atoms with Gasteiger partial charge in [-0.15, -0.1) is 0 Å². The number of rotatable bonds is 12. The van der Waals surface area contributed by atoms with Gasteiger partial charge in [-0.05, 0) is 24.5 Å². The van der Waals surface area contributed by atoms with Gasteiger partial charge in [0.25, 0.3) is 0 Å². The van der Waals surface area contributed by atoms with Crippen molar-refractivity contribution in [1.29, 1.82) is 0 Å². The van der Waals surface area contributed by atoms with Gasteiger partial charge in [0.1, 0.15) is 18.7 Å². The van der Waals surface area contributed by atoms with Crippen LogP contribution in [-0.4, -0.2) is 47.7 Å².